The van der Waals surface area contributed by atoms with Gasteiger partial charge in [0, 0.05) is 12.6 Å². The van der Waals surface area contributed by atoms with Crippen molar-refractivity contribution < 1.29 is 9.47 Å². The van der Waals surface area contributed by atoms with Crippen LogP contribution in [0.4, 0.5) is 0 Å². The minimum atomic E-state index is 0.437. The fraction of sp³-hybridized carbons (Fsp3) is 0.600. The number of ether oxygens (including phenoxy) is 2. The molecule has 0 saturated carbocycles. The van der Waals surface area contributed by atoms with Crippen molar-refractivity contribution in [2.24, 2.45) is 5.73 Å². The highest BCUT2D eigenvalue weighted by Gasteiger charge is 2.26. The number of nitrogens with two attached hydrogens (primary N) is 1. The number of nitrogens with zero attached hydrogens (tertiary/aromatic N) is 1. The van der Waals surface area contributed by atoms with E-state index in [1.54, 1.807) is 14.2 Å². The molecule has 1 atom stereocenters. The van der Waals surface area contributed by atoms with E-state index in [4.69, 9.17) is 15.2 Å². The number of benzene rings is 1. The Morgan fingerprint density at radius 1 is 1.26 bits per heavy atom. The molecule has 4 nitrogen and oxygen atoms in total. The zero-order valence-corrected chi connectivity index (χ0v) is 12.1. The van der Waals surface area contributed by atoms with Gasteiger partial charge in [-0.1, -0.05) is 0 Å². The van der Waals surface area contributed by atoms with E-state index in [0.29, 0.717) is 6.04 Å². The van der Waals surface area contributed by atoms with Gasteiger partial charge in [0.05, 0.1) is 14.2 Å². The molecule has 106 valence electrons. The Bertz CT molecular complexity index is 434. The van der Waals surface area contributed by atoms with Crippen LogP contribution in [0.25, 0.3) is 0 Å². The molecule has 0 amide bonds. The van der Waals surface area contributed by atoms with Gasteiger partial charge < -0.3 is 15.2 Å². The van der Waals surface area contributed by atoms with Crippen LogP contribution < -0.4 is 15.2 Å². The molecule has 1 aliphatic rings. The van der Waals surface area contributed by atoms with Crippen LogP contribution in [0.2, 0.25) is 0 Å². The number of hydrogen-bond donors (Lipinski definition) is 1. The summed E-state index contributed by atoms with van der Waals surface area (Å²) in [5.41, 5.74) is 8.38. The monoisotopic (exact) mass is 264 g/mol. The van der Waals surface area contributed by atoms with Crippen LogP contribution in [0.1, 0.15) is 30.0 Å². The summed E-state index contributed by atoms with van der Waals surface area (Å²) < 4.78 is 10.8. The molecule has 0 aliphatic carbocycles. The van der Waals surface area contributed by atoms with Crippen LogP contribution >= 0.6 is 0 Å². The van der Waals surface area contributed by atoms with Gasteiger partial charge in [-0.2, -0.15) is 0 Å². The second-order valence-corrected chi connectivity index (χ2v) is 5.08. The van der Waals surface area contributed by atoms with Crippen molar-refractivity contribution in [2.75, 3.05) is 34.4 Å². The Balaban J connectivity index is 2.37. The third-order valence-corrected chi connectivity index (χ3v) is 3.95. The SMILES string of the molecule is COc1cc2c(cc1OC)C(CCCN)N(C)CC2. The van der Waals surface area contributed by atoms with Crippen molar-refractivity contribution in [3.63, 3.8) is 0 Å². The fourth-order valence-corrected chi connectivity index (χ4v) is 2.84. The average Bonchev–Trinajstić information content (AvgIpc) is 2.44. The summed E-state index contributed by atoms with van der Waals surface area (Å²) in [6.45, 7) is 1.82. The quantitative estimate of drug-likeness (QED) is 0.883. The van der Waals surface area contributed by atoms with Gasteiger partial charge >= 0.3 is 0 Å². The van der Waals surface area contributed by atoms with Gasteiger partial charge in [0.25, 0.3) is 0 Å². The van der Waals surface area contributed by atoms with E-state index in [9.17, 15) is 0 Å². The Hall–Kier alpha value is -1.26. The van der Waals surface area contributed by atoms with Gasteiger partial charge in [-0.25, -0.2) is 0 Å². The van der Waals surface area contributed by atoms with Crippen molar-refractivity contribution in [2.45, 2.75) is 25.3 Å². The molecule has 2 rings (SSSR count). The summed E-state index contributed by atoms with van der Waals surface area (Å²) in [5, 5.41) is 0. The molecule has 1 unspecified atom stereocenters. The predicted molar refractivity (Wildman–Crippen MR) is 76.9 cm³/mol. The van der Waals surface area contributed by atoms with E-state index in [1.807, 2.05) is 0 Å². The standard InChI is InChI=1S/C15H24N2O2/c1-17-8-6-11-9-14(18-2)15(19-3)10-12(11)13(17)5-4-7-16/h9-10,13H,4-8,16H2,1-3H3. The highest BCUT2D eigenvalue weighted by atomic mass is 16.5. The number of hydrogen-bond acceptors (Lipinski definition) is 4. The molecule has 0 fully saturated rings. The number of likely N-dealkylation sites (N-methyl/N-ethyl adjacent to an activating group) is 1. The molecule has 1 aromatic carbocycles. The molecule has 4 heteroatoms. The second-order valence-electron chi connectivity index (χ2n) is 5.08. The molecule has 0 bridgehead atoms. The highest BCUT2D eigenvalue weighted by molar-refractivity contribution is 5.49. The molecule has 0 spiro atoms. The Morgan fingerprint density at radius 2 is 1.95 bits per heavy atom. The summed E-state index contributed by atoms with van der Waals surface area (Å²) in [4.78, 5) is 2.41. The van der Waals surface area contributed by atoms with Crippen LogP contribution in [0.3, 0.4) is 0 Å². The molecular formula is C15H24N2O2. The summed E-state index contributed by atoms with van der Waals surface area (Å²) in [6, 6.07) is 4.69. The van der Waals surface area contributed by atoms with Crippen LogP contribution in [-0.2, 0) is 6.42 Å². The molecule has 1 heterocycles. The maximum Gasteiger partial charge on any atom is 0.161 e. The summed E-state index contributed by atoms with van der Waals surface area (Å²) in [6.07, 6.45) is 3.20. The summed E-state index contributed by atoms with van der Waals surface area (Å²) >= 11 is 0. The lowest BCUT2D eigenvalue weighted by atomic mass is 9.89. The number of methoxy groups -OCH3 is 2. The lowest BCUT2D eigenvalue weighted by Gasteiger charge is -2.35. The van der Waals surface area contributed by atoms with Gasteiger partial charge in [0.2, 0.25) is 0 Å². The summed E-state index contributed by atoms with van der Waals surface area (Å²) in [7, 11) is 5.55. The first-order valence-electron chi connectivity index (χ1n) is 6.86. The van der Waals surface area contributed by atoms with Crippen molar-refractivity contribution in [3.05, 3.63) is 23.3 Å². The predicted octanol–water partition coefficient (Wildman–Crippen LogP) is 1.97. The second kappa shape index (κ2) is 6.26. The molecule has 1 aromatic rings. The lowest BCUT2D eigenvalue weighted by Crippen LogP contribution is -2.32. The molecule has 0 aromatic heterocycles. The molecule has 2 N–H and O–H groups in total. The topological polar surface area (TPSA) is 47.7 Å². The maximum atomic E-state index is 5.65. The highest BCUT2D eigenvalue weighted by Crippen LogP contribution is 2.39. The van der Waals surface area contributed by atoms with Gasteiger partial charge in [0.1, 0.15) is 0 Å². The van der Waals surface area contributed by atoms with Crippen molar-refractivity contribution in [1.82, 2.24) is 4.90 Å². The smallest absolute Gasteiger partial charge is 0.161 e. The molecule has 0 radical (unpaired) electrons. The lowest BCUT2D eigenvalue weighted by molar-refractivity contribution is 0.216. The van der Waals surface area contributed by atoms with Gasteiger partial charge in [-0.15, -0.1) is 0 Å². The van der Waals surface area contributed by atoms with Crippen LogP contribution in [0, 0.1) is 0 Å². The number of fused-ring (bicyclic) bond motifs is 1. The van der Waals surface area contributed by atoms with E-state index < -0.39 is 0 Å². The molecule has 19 heavy (non-hydrogen) atoms. The summed E-state index contributed by atoms with van der Waals surface area (Å²) in [5.74, 6) is 1.64. The minimum Gasteiger partial charge on any atom is -0.493 e. The van der Waals surface area contributed by atoms with Crippen molar-refractivity contribution in [1.29, 1.82) is 0 Å². The normalized spacial score (nSPS) is 19.1. The van der Waals surface area contributed by atoms with Gasteiger partial charge in [0.15, 0.2) is 11.5 Å². The van der Waals surface area contributed by atoms with Crippen molar-refractivity contribution in [3.8, 4) is 11.5 Å². The van der Waals surface area contributed by atoms with Crippen molar-refractivity contribution >= 4 is 0 Å². The Kier molecular flexibility index (Phi) is 4.66. The van der Waals surface area contributed by atoms with Crippen LogP contribution in [0.15, 0.2) is 12.1 Å². The van der Waals surface area contributed by atoms with E-state index in [1.165, 1.54) is 11.1 Å². The zero-order chi connectivity index (χ0) is 13.8. The average molecular weight is 264 g/mol. The molecular weight excluding hydrogens is 240 g/mol. The Morgan fingerprint density at radius 3 is 2.58 bits per heavy atom. The van der Waals surface area contributed by atoms with E-state index in [0.717, 1.165) is 43.9 Å². The van der Waals surface area contributed by atoms with E-state index in [-0.39, 0.29) is 0 Å². The first-order chi connectivity index (χ1) is 9.21. The van der Waals surface area contributed by atoms with Gasteiger partial charge in [-0.05, 0) is 56.1 Å². The van der Waals surface area contributed by atoms with Crippen LogP contribution in [0.5, 0.6) is 11.5 Å². The van der Waals surface area contributed by atoms with E-state index in [2.05, 4.69) is 24.1 Å². The first kappa shape index (κ1) is 14.2. The largest absolute Gasteiger partial charge is 0.493 e. The zero-order valence-electron chi connectivity index (χ0n) is 12.1. The van der Waals surface area contributed by atoms with E-state index >= 15 is 0 Å². The fourth-order valence-electron chi connectivity index (χ4n) is 2.84. The molecule has 1 aliphatic heterocycles. The minimum absolute atomic E-state index is 0.437. The van der Waals surface area contributed by atoms with Crippen LogP contribution in [-0.4, -0.2) is 39.3 Å². The first-order valence-corrected chi connectivity index (χ1v) is 6.86. The third kappa shape index (κ3) is 2.85. The third-order valence-electron chi connectivity index (χ3n) is 3.95. The molecule has 0 saturated heterocycles. The number of rotatable bonds is 5. The van der Waals surface area contributed by atoms with Gasteiger partial charge in [-0.3, -0.25) is 4.90 Å². The Labute approximate surface area is 115 Å². The maximum absolute atomic E-state index is 5.65.